The van der Waals surface area contributed by atoms with Gasteiger partial charge in [-0.2, -0.15) is 9.61 Å². The van der Waals surface area contributed by atoms with Crippen LogP contribution in [0.4, 0.5) is 5.82 Å². The summed E-state index contributed by atoms with van der Waals surface area (Å²) in [5.74, 6) is 1.75. The SMILES string of the molecule is COCCn1cnnc1CNc1cc(C)nc2c(C)c(C)nn12. The van der Waals surface area contributed by atoms with E-state index in [2.05, 4.69) is 25.6 Å². The van der Waals surface area contributed by atoms with Crippen molar-refractivity contribution in [2.75, 3.05) is 19.0 Å². The minimum atomic E-state index is 0.556. The number of nitrogens with one attached hydrogen (secondary N) is 1. The second-order valence-corrected chi connectivity index (χ2v) is 5.52. The number of fused-ring (bicyclic) bond motifs is 1. The van der Waals surface area contributed by atoms with Gasteiger partial charge in [-0.1, -0.05) is 0 Å². The highest BCUT2D eigenvalue weighted by molar-refractivity contribution is 5.55. The molecule has 0 aliphatic carbocycles. The Labute approximate surface area is 134 Å². The van der Waals surface area contributed by atoms with Crippen LogP contribution in [-0.4, -0.2) is 43.1 Å². The molecule has 0 atom stereocenters. The van der Waals surface area contributed by atoms with Crippen LogP contribution in [0, 0.1) is 20.8 Å². The number of ether oxygens (including phenoxy) is 1. The maximum absolute atomic E-state index is 5.10. The minimum Gasteiger partial charge on any atom is -0.383 e. The summed E-state index contributed by atoms with van der Waals surface area (Å²) in [5, 5.41) is 16.1. The molecule has 1 N–H and O–H groups in total. The van der Waals surface area contributed by atoms with Gasteiger partial charge in [0.2, 0.25) is 0 Å². The predicted molar refractivity (Wildman–Crippen MR) is 86.4 cm³/mol. The molecule has 0 fully saturated rings. The third kappa shape index (κ3) is 3.02. The summed E-state index contributed by atoms with van der Waals surface area (Å²) >= 11 is 0. The molecule has 0 radical (unpaired) electrons. The van der Waals surface area contributed by atoms with Crippen molar-refractivity contribution in [3.05, 3.63) is 35.2 Å². The zero-order valence-corrected chi connectivity index (χ0v) is 13.9. The maximum Gasteiger partial charge on any atom is 0.160 e. The van der Waals surface area contributed by atoms with Gasteiger partial charge in [-0.3, -0.25) is 0 Å². The van der Waals surface area contributed by atoms with E-state index in [0.717, 1.165) is 40.8 Å². The molecule has 122 valence electrons. The molecule has 0 bridgehead atoms. The number of methoxy groups -OCH3 is 1. The third-order valence-electron chi connectivity index (χ3n) is 3.84. The fourth-order valence-electron chi connectivity index (χ4n) is 2.44. The third-order valence-corrected chi connectivity index (χ3v) is 3.84. The van der Waals surface area contributed by atoms with E-state index in [4.69, 9.17) is 4.74 Å². The van der Waals surface area contributed by atoms with Gasteiger partial charge in [0.05, 0.1) is 18.8 Å². The first kappa shape index (κ1) is 15.4. The zero-order chi connectivity index (χ0) is 16.4. The first-order valence-corrected chi connectivity index (χ1v) is 7.53. The van der Waals surface area contributed by atoms with E-state index in [0.29, 0.717) is 13.2 Å². The first-order valence-electron chi connectivity index (χ1n) is 7.53. The molecule has 3 rings (SSSR count). The molecule has 0 unspecified atom stereocenters. The number of rotatable bonds is 6. The molecule has 0 spiro atoms. The van der Waals surface area contributed by atoms with Gasteiger partial charge < -0.3 is 14.6 Å². The average Bonchev–Trinajstić information content (AvgIpc) is 3.09. The fourth-order valence-corrected chi connectivity index (χ4v) is 2.44. The summed E-state index contributed by atoms with van der Waals surface area (Å²) in [6.45, 7) is 7.92. The molecular weight excluding hydrogens is 294 g/mol. The Morgan fingerprint density at radius 2 is 2.09 bits per heavy atom. The van der Waals surface area contributed by atoms with Crippen LogP contribution < -0.4 is 5.32 Å². The van der Waals surface area contributed by atoms with Crippen LogP contribution in [0.25, 0.3) is 5.65 Å². The number of anilines is 1. The zero-order valence-electron chi connectivity index (χ0n) is 13.9. The predicted octanol–water partition coefficient (Wildman–Crippen LogP) is 1.50. The highest BCUT2D eigenvalue weighted by Crippen LogP contribution is 2.18. The Hall–Kier alpha value is -2.48. The summed E-state index contributed by atoms with van der Waals surface area (Å²) in [5.41, 5.74) is 3.91. The Balaban J connectivity index is 1.85. The lowest BCUT2D eigenvalue weighted by Crippen LogP contribution is -2.13. The topological polar surface area (TPSA) is 82.2 Å². The lowest BCUT2D eigenvalue weighted by Gasteiger charge is -2.10. The van der Waals surface area contributed by atoms with Crippen molar-refractivity contribution < 1.29 is 4.74 Å². The average molecular weight is 315 g/mol. The largest absolute Gasteiger partial charge is 0.383 e. The van der Waals surface area contributed by atoms with Crippen molar-refractivity contribution >= 4 is 11.5 Å². The van der Waals surface area contributed by atoms with Crippen LogP contribution in [0.3, 0.4) is 0 Å². The summed E-state index contributed by atoms with van der Waals surface area (Å²) in [7, 11) is 1.68. The Kier molecular flexibility index (Phi) is 4.24. The van der Waals surface area contributed by atoms with Gasteiger partial charge in [0.25, 0.3) is 0 Å². The Morgan fingerprint density at radius 3 is 2.87 bits per heavy atom. The second-order valence-electron chi connectivity index (χ2n) is 5.52. The van der Waals surface area contributed by atoms with E-state index in [1.54, 1.807) is 13.4 Å². The second kappa shape index (κ2) is 6.33. The molecule has 3 aromatic heterocycles. The molecule has 3 aromatic rings. The Morgan fingerprint density at radius 1 is 1.26 bits per heavy atom. The van der Waals surface area contributed by atoms with Gasteiger partial charge in [0, 0.05) is 31.0 Å². The number of aryl methyl sites for hydroxylation is 3. The summed E-state index contributed by atoms with van der Waals surface area (Å²) in [4.78, 5) is 4.57. The van der Waals surface area contributed by atoms with Crippen LogP contribution in [0.2, 0.25) is 0 Å². The number of hydrogen-bond donors (Lipinski definition) is 1. The van der Waals surface area contributed by atoms with Crippen LogP contribution >= 0.6 is 0 Å². The van der Waals surface area contributed by atoms with Crippen molar-refractivity contribution in [2.24, 2.45) is 0 Å². The van der Waals surface area contributed by atoms with E-state index >= 15 is 0 Å². The summed E-state index contributed by atoms with van der Waals surface area (Å²) < 4.78 is 8.92. The fraction of sp³-hybridized carbons (Fsp3) is 0.467. The lowest BCUT2D eigenvalue weighted by molar-refractivity contribution is 0.186. The van der Waals surface area contributed by atoms with Crippen molar-refractivity contribution in [3.63, 3.8) is 0 Å². The molecule has 0 amide bonds. The number of hydrogen-bond acceptors (Lipinski definition) is 6. The summed E-state index contributed by atoms with van der Waals surface area (Å²) in [6.07, 6.45) is 1.71. The molecule has 8 heteroatoms. The normalized spacial score (nSPS) is 11.3. The molecular formula is C15H21N7O. The van der Waals surface area contributed by atoms with E-state index in [1.807, 2.05) is 35.9 Å². The van der Waals surface area contributed by atoms with Crippen molar-refractivity contribution in [1.29, 1.82) is 0 Å². The molecule has 0 aromatic carbocycles. The number of nitrogens with zero attached hydrogens (tertiary/aromatic N) is 6. The van der Waals surface area contributed by atoms with Crippen LogP contribution in [0.5, 0.6) is 0 Å². The molecule has 8 nitrogen and oxygen atoms in total. The van der Waals surface area contributed by atoms with E-state index in [9.17, 15) is 0 Å². The molecule has 23 heavy (non-hydrogen) atoms. The van der Waals surface area contributed by atoms with Gasteiger partial charge in [-0.05, 0) is 20.8 Å². The van der Waals surface area contributed by atoms with E-state index < -0.39 is 0 Å². The van der Waals surface area contributed by atoms with Gasteiger partial charge in [-0.15, -0.1) is 10.2 Å². The number of aromatic nitrogens is 6. The van der Waals surface area contributed by atoms with Crippen LogP contribution in [0.15, 0.2) is 12.4 Å². The smallest absolute Gasteiger partial charge is 0.160 e. The monoisotopic (exact) mass is 315 g/mol. The van der Waals surface area contributed by atoms with Gasteiger partial charge >= 0.3 is 0 Å². The first-order chi connectivity index (χ1) is 11.1. The molecule has 3 heterocycles. The van der Waals surface area contributed by atoms with Crippen molar-refractivity contribution in [3.8, 4) is 0 Å². The minimum absolute atomic E-state index is 0.556. The lowest BCUT2D eigenvalue weighted by atomic mass is 10.3. The van der Waals surface area contributed by atoms with Gasteiger partial charge in [0.15, 0.2) is 11.5 Å². The van der Waals surface area contributed by atoms with Crippen molar-refractivity contribution in [1.82, 2.24) is 29.4 Å². The molecule has 0 saturated carbocycles. The van der Waals surface area contributed by atoms with Crippen molar-refractivity contribution in [2.45, 2.75) is 33.9 Å². The standard InChI is InChI=1S/C15H21N7O/c1-10-7-13(22-15(18-10)11(2)12(3)20-22)16-8-14-19-17-9-21(14)5-6-23-4/h7,9,16H,5-6,8H2,1-4H3. The maximum atomic E-state index is 5.10. The van der Waals surface area contributed by atoms with E-state index in [1.165, 1.54) is 0 Å². The quantitative estimate of drug-likeness (QED) is 0.742. The molecule has 0 saturated heterocycles. The van der Waals surface area contributed by atoms with E-state index in [-0.39, 0.29) is 0 Å². The van der Waals surface area contributed by atoms with Gasteiger partial charge in [0.1, 0.15) is 12.1 Å². The highest BCUT2D eigenvalue weighted by Gasteiger charge is 2.12. The highest BCUT2D eigenvalue weighted by atomic mass is 16.5. The van der Waals surface area contributed by atoms with Gasteiger partial charge in [-0.25, -0.2) is 4.98 Å². The Bertz CT molecular complexity index is 821. The molecule has 0 aliphatic rings. The molecule has 0 aliphatic heterocycles. The van der Waals surface area contributed by atoms with Crippen LogP contribution in [-0.2, 0) is 17.8 Å². The van der Waals surface area contributed by atoms with Crippen LogP contribution in [0.1, 0.15) is 22.8 Å². The summed E-state index contributed by atoms with van der Waals surface area (Å²) in [6, 6.07) is 1.98.